The monoisotopic (exact) mass is 614 g/mol. The van der Waals surface area contributed by atoms with Crippen molar-refractivity contribution in [3.05, 3.63) is 0 Å². The Bertz CT molecular complexity index is 570. The summed E-state index contributed by atoms with van der Waals surface area (Å²) in [5.74, 6) is -6.40. The molecule has 0 bridgehead atoms. The summed E-state index contributed by atoms with van der Waals surface area (Å²) in [7, 11) is 0. The second-order valence-corrected chi connectivity index (χ2v) is 9.83. The van der Waals surface area contributed by atoms with Crippen LogP contribution in [0, 0.1) is 11.8 Å². The normalized spacial score (nSPS) is 13.1. The number of aliphatic hydroxyl groups excluding tert-OH is 1. The molecule has 2 nitrogen and oxygen atoms in total. The minimum absolute atomic E-state index is 0.0552. The van der Waals surface area contributed by atoms with Gasteiger partial charge in [-0.05, 0) is 25.7 Å². The van der Waals surface area contributed by atoms with Gasteiger partial charge in [0.05, 0.1) is 0 Å². The van der Waals surface area contributed by atoms with Crippen LogP contribution in [0.15, 0.2) is 0 Å². The molecule has 0 rings (SSSR count). The highest BCUT2D eigenvalue weighted by Crippen LogP contribution is 2.43. The Morgan fingerprint density at radius 3 is 0.925 bits per heavy atom. The zero-order chi connectivity index (χ0) is 31.3. The lowest BCUT2D eigenvalue weighted by Crippen LogP contribution is -2.36. The SMILES string of the molecule is O=CCCCCCCCCCC(C(F)(F)F)C(F)(F)F.OCCCCCCCCCCC(C(F)(F)F)C(F)(F)F. The largest absolute Gasteiger partial charge is 0.400 e. The highest BCUT2D eigenvalue weighted by molar-refractivity contribution is 5.48. The zero-order valence-corrected chi connectivity index (χ0v) is 22.6. The number of hydrogen-bond acceptors (Lipinski definition) is 2. The van der Waals surface area contributed by atoms with Gasteiger partial charge >= 0.3 is 24.7 Å². The van der Waals surface area contributed by atoms with Gasteiger partial charge in [-0.25, -0.2) is 0 Å². The number of aliphatic hydroxyl groups is 1. The molecule has 0 unspecified atom stereocenters. The average Bonchev–Trinajstić information content (AvgIpc) is 2.78. The Labute approximate surface area is 228 Å². The zero-order valence-electron chi connectivity index (χ0n) is 22.6. The Morgan fingerprint density at radius 1 is 0.425 bits per heavy atom. The molecule has 0 amide bonds. The van der Waals surface area contributed by atoms with Crippen molar-refractivity contribution in [2.75, 3.05) is 6.61 Å². The van der Waals surface area contributed by atoms with Crippen LogP contribution in [0.4, 0.5) is 52.7 Å². The van der Waals surface area contributed by atoms with E-state index in [4.69, 9.17) is 5.11 Å². The topological polar surface area (TPSA) is 37.3 Å². The highest BCUT2D eigenvalue weighted by atomic mass is 19.4. The fourth-order valence-electron chi connectivity index (χ4n) is 4.01. The molecule has 0 aliphatic rings. The molecule has 0 atom stereocenters. The second kappa shape index (κ2) is 21.5. The first-order chi connectivity index (χ1) is 18.4. The molecule has 14 heteroatoms. The maximum absolute atomic E-state index is 12.2. The fourth-order valence-corrected chi connectivity index (χ4v) is 4.01. The van der Waals surface area contributed by atoms with Gasteiger partial charge in [0.25, 0.3) is 0 Å². The lowest BCUT2D eigenvalue weighted by atomic mass is 9.99. The average molecular weight is 615 g/mol. The maximum Gasteiger partial charge on any atom is 0.400 e. The molecule has 242 valence electrons. The summed E-state index contributed by atoms with van der Waals surface area (Å²) in [6, 6.07) is 0. The van der Waals surface area contributed by atoms with E-state index in [1.54, 1.807) is 0 Å². The molecular weight excluding hydrogens is 572 g/mol. The summed E-state index contributed by atoms with van der Waals surface area (Å²) in [5, 5.41) is 8.54. The number of hydrogen-bond donors (Lipinski definition) is 1. The van der Waals surface area contributed by atoms with E-state index in [2.05, 4.69) is 0 Å². The summed E-state index contributed by atoms with van der Waals surface area (Å²) in [4.78, 5) is 10.0. The van der Waals surface area contributed by atoms with Gasteiger partial charge in [0, 0.05) is 13.0 Å². The Balaban J connectivity index is 0. The van der Waals surface area contributed by atoms with Crippen molar-refractivity contribution in [2.24, 2.45) is 11.8 Å². The van der Waals surface area contributed by atoms with Crippen molar-refractivity contribution in [1.29, 1.82) is 0 Å². The minimum Gasteiger partial charge on any atom is -0.396 e. The van der Waals surface area contributed by atoms with Crippen LogP contribution in [0.2, 0.25) is 0 Å². The summed E-state index contributed by atoms with van der Waals surface area (Å²) in [6.07, 6.45) is -11.8. The first-order valence-corrected chi connectivity index (χ1v) is 13.7. The van der Waals surface area contributed by atoms with Crippen LogP contribution < -0.4 is 0 Å². The molecule has 0 aromatic heterocycles. The molecule has 0 aromatic rings. The number of aldehydes is 1. The van der Waals surface area contributed by atoms with Crippen molar-refractivity contribution in [3.8, 4) is 0 Å². The van der Waals surface area contributed by atoms with Gasteiger partial charge in [0.1, 0.15) is 6.29 Å². The third kappa shape index (κ3) is 23.5. The molecule has 0 saturated carbocycles. The van der Waals surface area contributed by atoms with E-state index < -0.39 is 49.4 Å². The summed E-state index contributed by atoms with van der Waals surface area (Å²) < 4.78 is 147. The first kappa shape index (κ1) is 40.9. The minimum atomic E-state index is -5.22. The van der Waals surface area contributed by atoms with Crippen LogP contribution in [0.3, 0.4) is 0 Å². The number of unbranched alkanes of at least 4 members (excludes halogenated alkanes) is 14. The van der Waals surface area contributed by atoms with Crippen LogP contribution in [-0.2, 0) is 4.79 Å². The van der Waals surface area contributed by atoms with E-state index >= 15 is 0 Å². The van der Waals surface area contributed by atoms with E-state index in [0.29, 0.717) is 32.1 Å². The molecule has 40 heavy (non-hydrogen) atoms. The third-order valence-electron chi connectivity index (χ3n) is 6.30. The number of carbonyl (C=O) groups excluding carboxylic acids is 1. The van der Waals surface area contributed by atoms with E-state index in [9.17, 15) is 57.5 Å². The molecule has 0 saturated heterocycles. The Kier molecular flexibility index (Phi) is 22.0. The lowest BCUT2D eigenvalue weighted by Gasteiger charge is -2.22. The fraction of sp³-hybridized carbons (Fsp3) is 0.962. The summed E-state index contributed by atoms with van der Waals surface area (Å²) in [5.41, 5.74) is 0. The lowest BCUT2D eigenvalue weighted by molar-refractivity contribution is -0.287. The van der Waals surface area contributed by atoms with E-state index in [1.165, 1.54) is 0 Å². The molecule has 0 radical (unpaired) electrons. The van der Waals surface area contributed by atoms with Crippen molar-refractivity contribution in [1.82, 2.24) is 0 Å². The van der Waals surface area contributed by atoms with Crippen molar-refractivity contribution in [2.45, 2.75) is 140 Å². The highest BCUT2D eigenvalue weighted by Gasteiger charge is 2.56. The molecule has 0 fully saturated rings. The summed E-state index contributed by atoms with van der Waals surface area (Å²) in [6.45, 7) is 0.149. The second-order valence-electron chi connectivity index (χ2n) is 9.83. The molecule has 0 aliphatic carbocycles. The number of carbonyl (C=O) groups is 1. The molecular formula is C26H42F12O2. The van der Waals surface area contributed by atoms with E-state index in [-0.39, 0.29) is 19.4 Å². The Morgan fingerprint density at radius 2 is 0.675 bits per heavy atom. The molecule has 1 N–H and O–H groups in total. The standard InChI is InChI=1S/C13H22F6O.C13H20F6O/c2*14-12(15,16)11(13(17,18)19)9-7-5-3-1-2-4-6-8-10-20/h11,20H,1-10H2;10-11H,1-9H2. The van der Waals surface area contributed by atoms with Crippen molar-refractivity contribution >= 4 is 6.29 Å². The molecule has 0 spiro atoms. The first-order valence-electron chi connectivity index (χ1n) is 13.7. The maximum atomic E-state index is 12.2. The van der Waals surface area contributed by atoms with Crippen molar-refractivity contribution < 1.29 is 62.6 Å². The summed E-state index contributed by atoms with van der Waals surface area (Å²) >= 11 is 0. The van der Waals surface area contributed by atoms with E-state index in [0.717, 1.165) is 64.1 Å². The number of rotatable bonds is 20. The van der Waals surface area contributed by atoms with Gasteiger partial charge in [-0.15, -0.1) is 0 Å². The van der Waals surface area contributed by atoms with E-state index in [1.807, 2.05) is 0 Å². The Hall–Kier alpha value is -1.21. The molecule has 0 aromatic carbocycles. The predicted molar refractivity (Wildman–Crippen MR) is 127 cm³/mol. The third-order valence-corrected chi connectivity index (χ3v) is 6.30. The number of alkyl halides is 12. The van der Waals surface area contributed by atoms with Gasteiger partial charge in [-0.2, -0.15) is 52.7 Å². The smallest absolute Gasteiger partial charge is 0.396 e. The number of halogens is 12. The van der Waals surface area contributed by atoms with Crippen LogP contribution in [0.5, 0.6) is 0 Å². The predicted octanol–water partition coefficient (Wildman–Crippen LogP) is 10.7. The molecule has 0 aliphatic heterocycles. The van der Waals surface area contributed by atoms with Gasteiger partial charge in [-0.1, -0.05) is 83.5 Å². The van der Waals surface area contributed by atoms with Crippen LogP contribution >= 0.6 is 0 Å². The van der Waals surface area contributed by atoms with Gasteiger partial charge in [-0.3, -0.25) is 0 Å². The van der Waals surface area contributed by atoms with Crippen molar-refractivity contribution in [3.63, 3.8) is 0 Å². The van der Waals surface area contributed by atoms with Gasteiger partial charge in [0.15, 0.2) is 11.8 Å². The van der Waals surface area contributed by atoms with Gasteiger partial charge in [0.2, 0.25) is 0 Å². The van der Waals surface area contributed by atoms with Crippen LogP contribution in [0.1, 0.15) is 116 Å². The van der Waals surface area contributed by atoms with Crippen LogP contribution in [0.25, 0.3) is 0 Å². The van der Waals surface area contributed by atoms with Crippen LogP contribution in [-0.4, -0.2) is 42.7 Å². The molecule has 0 heterocycles. The van der Waals surface area contributed by atoms with Gasteiger partial charge < -0.3 is 9.90 Å². The quantitative estimate of drug-likeness (QED) is 0.0842.